The van der Waals surface area contributed by atoms with Crippen molar-refractivity contribution in [1.82, 2.24) is 9.88 Å². The molecule has 1 saturated heterocycles. The highest BCUT2D eigenvalue weighted by atomic mass is 16.5. The zero-order chi connectivity index (χ0) is 18.5. The first-order chi connectivity index (χ1) is 13.3. The third-order valence-corrected chi connectivity index (χ3v) is 4.65. The maximum atomic E-state index is 12.9. The van der Waals surface area contributed by atoms with Crippen LogP contribution in [0.25, 0.3) is 0 Å². The van der Waals surface area contributed by atoms with Gasteiger partial charge in [-0.1, -0.05) is 24.3 Å². The van der Waals surface area contributed by atoms with Gasteiger partial charge in [0.1, 0.15) is 11.5 Å². The van der Waals surface area contributed by atoms with Crippen LogP contribution in [0.15, 0.2) is 79.1 Å². The van der Waals surface area contributed by atoms with E-state index in [0.29, 0.717) is 24.4 Å². The van der Waals surface area contributed by atoms with E-state index >= 15 is 0 Å². The number of aromatic nitrogens is 1. The van der Waals surface area contributed by atoms with Gasteiger partial charge >= 0.3 is 0 Å². The van der Waals surface area contributed by atoms with E-state index in [-0.39, 0.29) is 5.91 Å². The van der Waals surface area contributed by atoms with Gasteiger partial charge in [-0.3, -0.25) is 9.78 Å². The van der Waals surface area contributed by atoms with E-state index < -0.39 is 0 Å². The normalized spacial score (nSPS) is 14.1. The number of amides is 1. The van der Waals surface area contributed by atoms with Gasteiger partial charge in [0.2, 0.25) is 0 Å². The number of nitrogens with zero attached hydrogens (tertiary/aromatic N) is 3. The van der Waals surface area contributed by atoms with Crippen molar-refractivity contribution in [1.29, 1.82) is 0 Å². The second kappa shape index (κ2) is 7.91. The van der Waals surface area contributed by atoms with E-state index in [2.05, 4.69) is 9.88 Å². The molecule has 5 heteroatoms. The molecule has 5 nitrogen and oxygen atoms in total. The number of benzene rings is 2. The van der Waals surface area contributed by atoms with Crippen molar-refractivity contribution in [3.63, 3.8) is 0 Å². The van der Waals surface area contributed by atoms with Gasteiger partial charge in [-0.05, 0) is 42.5 Å². The molecule has 4 rings (SSSR count). The summed E-state index contributed by atoms with van der Waals surface area (Å²) in [6.07, 6.45) is 3.59. The molecule has 1 aliphatic heterocycles. The lowest BCUT2D eigenvalue weighted by Crippen LogP contribution is -2.48. The molecule has 1 aromatic heterocycles. The van der Waals surface area contributed by atoms with Crippen LogP contribution in [-0.2, 0) is 0 Å². The summed E-state index contributed by atoms with van der Waals surface area (Å²) in [6, 6.07) is 21.0. The van der Waals surface area contributed by atoms with Crippen LogP contribution in [0.2, 0.25) is 0 Å². The Kier molecular flexibility index (Phi) is 5.01. The van der Waals surface area contributed by atoms with Crippen LogP contribution in [0.1, 0.15) is 10.4 Å². The number of rotatable bonds is 4. The predicted octanol–water partition coefficient (Wildman–Crippen LogP) is 3.84. The number of carbonyl (C=O) groups is 1. The molecule has 0 atom stereocenters. The Morgan fingerprint density at radius 1 is 0.815 bits per heavy atom. The number of hydrogen-bond acceptors (Lipinski definition) is 4. The van der Waals surface area contributed by atoms with Crippen LogP contribution >= 0.6 is 0 Å². The lowest BCUT2D eigenvalue weighted by Gasteiger charge is -2.36. The Morgan fingerprint density at radius 2 is 1.52 bits per heavy atom. The lowest BCUT2D eigenvalue weighted by molar-refractivity contribution is 0.0746. The van der Waals surface area contributed by atoms with Crippen molar-refractivity contribution in [2.75, 3.05) is 31.1 Å². The SMILES string of the molecule is O=C(c1cccc(Oc2ccccc2)c1)N1CCN(c2ccncc2)CC1. The molecular formula is C22H21N3O2. The lowest BCUT2D eigenvalue weighted by atomic mass is 10.1. The van der Waals surface area contributed by atoms with E-state index in [1.54, 1.807) is 12.4 Å². The molecule has 2 heterocycles. The number of para-hydroxylation sites is 1. The number of ether oxygens (including phenoxy) is 1. The fourth-order valence-electron chi connectivity index (χ4n) is 3.22. The standard InChI is InChI=1S/C22H21N3O2/c26-22(25-15-13-24(14-16-25)19-9-11-23-12-10-19)18-5-4-8-21(17-18)27-20-6-2-1-3-7-20/h1-12,17H,13-16H2. The fourth-order valence-corrected chi connectivity index (χ4v) is 3.22. The zero-order valence-electron chi connectivity index (χ0n) is 15.0. The maximum absolute atomic E-state index is 12.9. The minimum absolute atomic E-state index is 0.0443. The van der Waals surface area contributed by atoms with Crippen molar-refractivity contribution in [2.45, 2.75) is 0 Å². The first-order valence-corrected chi connectivity index (χ1v) is 9.07. The summed E-state index contributed by atoms with van der Waals surface area (Å²) in [5.74, 6) is 1.47. The number of carbonyl (C=O) groups excluding carboxylic acids is 1. The van der Waals surface area contributed by atoms with E-state index in [1.165, 1.54) is 0 Å². The number of anilines is 1. The van der Waals surface area contributed by atoms with Gasteiger partial charge in [0.05, 0.1) is 0 Å². The molecule has 136 valence electrons. The Morgan fingerprint density at radius 3 is 2.26 bits per heavy atom. The van der Waals surface area contributed by atoms with Crippen LogP contribution in [0.5, 0.6) is 11.5 Å². The van der Waals surface area contributed by atoms with E-state index in [0.717, 1.165) is 24.5 Å². The van der Waals surface area contributed by atoms with E-state index in [1.807, 2.05) is 71.6 Å². The smallest absolute Gasteiger partial charge is 0.254 e. The van der Waals surface area contributed by atoms with Crippen molar-refractivity contribution in [3.05, 3.63) is 84.7 Å². The van der Waals surface area contributed by atoms with Crippen LogP contribution in [0, 0.1) is 0 Å². The minimum atomic E-state index is 0.0443. The maximum Gasteiger partial charge on any atom is 0.254 e. The molecule has 1 aliphatic rings. The topological polar surface area (TPSA) is 45.7 Å². The van der Waals surface area contributed by atoms with Gasteiger partial charge in [0.25, 0.3) is 5.91 Å². The van der Waals surface area contributed by atoms with Gasteiger partial charge in [-0.2, -0.15) is 0 Å². The molecule has 0 spiro atoms. The summed E-state index contributed by atoms with van der Waals surface area (Å²) >= 11 is 0. The number of hydrogen-bond donors (Lipinski definition) is 0. The van der Waals surface area contributed by atoms with Crippen LogP contribution in [0.3, 0.4) is 0 Å². The van der Waals surface area contributed by atoms with Gasteiger partial charge in [0, 0.05) is 49.8 Å². The van der Waals surface area contributed by atoms with Crippen molar-refractivity contribution in [2.24, 2.45) is 0 Å². The summed E-state index contributed by atoms with van der Waals surface area (Å²) in [6.45, 7) is 3.03. The van der Waals surface area contributed by atoms with Crippen LogP contribution < -0.4 is 9.64 Å². The molecule has 1 amide bonds. The first-order valence-electron chi connectivity index (χ1n) is 9.07. The largest absolute Gasteiger partial charge is 0.457 e. The summed E-state index contributed by atoms with van der Waals surface area (Å²) < 4.78 is 5.85. The van der Waals surface area contributed by atoms with E-state index in [9.17, 15) is 4.79 Å². The number of pyridine rings is 1. The van der Waals surface area contributed by atoms with Gasteiger partial charge < -0.3 is 14.5 Å². The van der Waals surface area contributed by atoms with E-state index in [4.69, 9.17) is 4.74 Å². The van der Waals surface area contributed by atoms with Crippen molar-refractivity contribution in [3.8, 4) is 11.5 Å². The molecule has 0 aliphatic carbocycles. The van der Waals surface area contributed by atoms with Crippen LogP contribution in [0.4, 0.5) is 5.69 Å². The summed E-state index contributed by atoms with van der Waals surface area (Å²) in [7, 11) is 0. The third kappa shape index (κ3) is 4.08. The molecule has 27 heavy (non-hydrogen) atoms. The molecule has 1 fully saturated rings. The molecular weight excluding hydrogens is 338 g/mol. The Bertz CT molecular complexity index is 892. The first kappa shape index (κ1) is 17.1. The van der Waals surface area contributed by atoms with Crippen LogP contribution in [-0.4, -0.2) is 42.0 Å². The highest BCUT2D eigenvalue weighted by molar-refractivity contribution is 5.94. The summed E-state index contributed by atoms with van der Waals surface area (Å²) in [5.41, 5.74) is 1.80. The monoisotopic (exact) mass is 359 g/mol. The van der Waals surface area contributed by atoms with Crippen molar-refractivity contribution < 1.29 is 9.53 Å². The molecule has 0 radical (unpaired) electrons. The molecule has 0 unspecified atom stereocenters. The summed E-state index contributed by atoms with van der Waals surface area (Å²) in [5, 5.41) is 0. The quantitative estimate of drug-likeness (QED) is 0.710. The van der Waals surface area contributed by atoms with Crippen molar-refractivity contribution >= 4 is 11.6 Å². The highest BCUT2D eigenvalue weighted by Gasteiger charge is 2.22. The third-order valence-electron chi connectivity index (χ3n) is 4.65. The highest BCUT2D eigenvalue weighted by Crippen LogP contribution is 2.23. The summed E-state index contributed by atoms with van der Waals surface area (Å²) in [4.78, 5) is 21.1. The van der Waals surface area contributed by atoms with Gasteiger partial charge in [-0.15, -0.1) is 0 Å². The minimum Gasteiger partial charge on any atom is -0.457 e. The second-order valence-corrected chi connectivity index (χ2v) is 6.43. The average Bonchev–Trinajstić information content (AvgIpc) is 2.75. The zero-order valence-corrected chi connectivity index (χ0v) is 15.0. The second-order valence-electron chi connectivity index (χ2n) is 6.43. The Balaban J connectivity index is 1.41. The molecule has 0 saturated carbocycles. The average molecular weight is 359 g/mol. The molecule has 2 aromatic carbocycles. The number of piperazine rings is 1. The van der Waals surface area contributed by atoms with Gasteiger partial charge in [-0.25, -0.2) is 0 Å². The fraction of sp³-hybridized carbons (Fsp3) is 0.182. The predicted molar refractivity (Wildman–Crippen MR) is 105 cm³/mol. The Labute approximate surface area is 158 Å². The van der Waals surface area contributed by atoms with Gasteiger partial charge in [0.15, 0.2) is 0 Å². The molecule has 0 bridgehead atoms. The Hall–Kier alpha value is -3.34. The molecule has 3 aromatic rings. The molecule has 0 N–H and O–H groups in total.